The lowest BCUT2D eigenvalue weighted by Gasteiger charge is -2.09. The van der Waals surface area contributed by atoms with Crippen molar-refractivity contribution >= 4 is 28.6 Å². The summed E-state index contributed by atoms with van der Waals surface area (Å²) in [5, 5.41) is 2.43. The molecule has 0 aliphatic rings. The second-order valence-corrected chi connectivity index (χ2v) is 5.50. The van der Waals surface area contributed by atoms with Crippen LogP contribution in [0.2, 0.25) is 0 Å². The van der Waals surface area contributed by atoms with E-state index in [1.807, 2.05) is 6.92 Å². The van der Waals surface area contributed by atoms with Crippen molar-refractivity contribution in [3.63, 3.8) is 0 Å². The molecule has 1 rings (SSSR count). The second kappa shape index (κ2) is 8.34. The van der Waals surface area contributed by atoms with Crippen molar-refractivity contribution in [1.82, 2.24) is 5.32 Å². The highest BCUT2D eigenvalue weighted by molar-refractivity contribution is 14.1. The van der Waals surface area contributed by atoms with Crippen molar-refractivity contribution in [1.29, 1.82) is 0 Å². The summed E-state index contributed by atoms with van der Waals surface area (Å²) in [4.78, 5) is 9.87. The number of nitrogens with one attached hydrogen (secondary N) is 1. The molecule has 0 spiro atoms. The van der Waals surface area contributed by atoms with E-state index >= 15 is 0 Å². The van der Waals surface area contributed by atoms with Crippen LogP contribution >= 0.6 is 22.6 Å². The van der Waals surface area contributed by atoms with Crippen LogP contribution in [0, 0.1) is 31.3 Å². The van der Waals surface area contributed by atoms with Crippen molar-refractivity contribution in [2.45, 2.75) is 41.0 Å². The number of benzene rings is 1. The third kappa shape index (κ3) is 5.71. The molecule has 2 amide bonds. The second-order valence-electron chi connectivity index (χ2n) is 4.34. The number of hydrogen-bond donors (Lipinski definition) is 2. The molecule has 0 heterocycles. The van der Waals surface area contributed by atoms with E-state index < -0.39 is 6.03 Å². The standard InChI is InChI=1S/C10H13I.C4H10N2O/c1-6-5-10(11)9(4)8(3)7(6)2;1-2-3-6-4(5)7/h5H,1-4H3;2-3H2,1H3,(H3,5,6,7). The first-order valence-corrected chi connectivity index (χ1v) is 7.15. The van der Waals surface area contributed by atoms with Gasteiger partial charge in [0.05, 0.1) is 0 Å². The third-order valence-electron chi connectivity index (χ3n) is 2.97. The van der Waals surface area contributed by atoms with E-state index in [-0.39, 0.29) is 0 Å². The maximum Gasteiger partial charge on any atom is 0.312 e. The average Bonchev–Trinajstić information content (AvgIpc) is 2.32. The van der Waals surface area contributed by atoms with Crippen LogP contribution in [0.15, 0.2) is 6.07 Å². The van der Waals surface area contributed by atoms with Crippen LogP contribution in [-0.4, -0.2) is 12.6 Å². The number of halogens is 1. The quantitative estimate of drug-likeness (QED) is 0.777. The Bertz CT molecular complexity index is 390. The largest absolute Gasteiger partial charge is 0.352 e. The van der Waals surface area contributed by atoms with Gasteiger partial charge in [-0.25, -0.2) is 4.79 Å². The summed E-state index contributed by atoms with van der Waals surface area (Å²) < 4.78 is 1.38. The monoisotopic (exact) mass is 362 g/mol. The minimum absolute atomic E-state index is 0.443. The number of rotatable bonds is 2. The highest BCUT2D eigenvalue weighted by Crippen LogP contribution is 2.21. The molecule has 0 bridgehead atoms. The van der Waals surface area contributed by atoms with E-state index in [0.29, 0.717) is 6.54 Å². The molecule has 0 saturated carbocycles. The first-order valence-electron chi connectivity index (χ1n) is 6.07. The van der Waals surface area contributed by atoms with Crippen molar-refractivity contribution in [3.8, 4) is 0 Å². The molecule has 3 N–H and O–H groups in total. The van der Waals surface area contributed by atoms with Gasteiger partial charge in [0.25, 0.3) is 0 Å². The molecule has 0 aliphatic carbocycles. The number of nitrogens with two attached hydrogens (primary N) is 1. The Morgan fingerprint density at radius 2 is 1.78 bits per heavy atom. The zero-order valence-corrected chi connectivity index (χ0v) is 14.0. The predicted molar refractivity (Wildman–Crippen MR) is 86.0 cm³/mol. The number of aryl methyl sites for hydroxylation is 1. The smallest absolute Gasteiger partial charge is 0.312 e. The number of hydrogen-bond acceptors (Lipinski definition) is 1. The summed E-state index contributed by atoms with van der Waals surface area (Å²) in [5.74, 6) is 0. The number of carbonyl (C=O) groups is 1. The molecule has 0 saturated heterocycles. The summed E-state index contributed by atoms with van der Waals surface area (Å²) in [6.45, 7) is 11.4. The maximum absolute atomic E-state index is 9.87. The first kappa shape index (κ1) is 17.2. The maximum atomic E-state index is 9.87. The Balaban J connectivity index is 0.000000360. The Labute approximate surface area is 124 Å². The lowest BCUT2D eigenvalue weighted by molar-refractivity contribution is 0.249. The fourth-order valence-corrected chi connectivity index (χ4v) is 2.28. The molecule has 3 nitrogen and oxygen atoms in total. The van der Waals surface area contributed by atoms with Crippen molar-refractivity contribution in [2.24, 2.45) is 5.73 Å². The van der Waals surface area contributed by atoms with Crippen molar-refractivity contribution in [3.05, 3.63) is 31.9 Å². The molecule has 102 valence electrons. The van der Waals surface area contributed by atoms with Gasteiger partial charge >= 0.3 is 6.03 Å². The van der Waals surface area contributed by atoms with Crippen LogP contribution in [0.4, 0.5) is 4.79 Å². The first-order chi connectivity index (χ1) is 8.31. The minimum atomic E-state index is -0.443. The van der Waals surface area contributed by atoms with E-state index in [1.165, 1.54) is 25.8 Å². The molecular weight excluding hydrogens is 339 g/mol. The molecular formula is C14H23IN2O. The number of primary amides is 1. The number of urea groups is 1. The summed E-state index contributed by atoms with van der Waals surface area (Å²) in [6.07, 6.45) is 0.933. The molecule has 4 heteroatoms. The Hall–Kier alpha value is -0.780. The molecule has 0 radical (unpaired) electrons. The zero-order valence-electron chi connectivity index (χ0n) is 11.9. The van der Waals surface area contributed by atoms with E-state index in [1.54, 1.807) is 0 Å². The lowest BCUT2D eigenvalue weighted by Crippen LogP contribution is -2.29. The van der Waals surface area contributed by atoms with Gasteiger partial charge < -0.3 is 11.1 Å². The molecule has 0 aromatic heterocycles. The average molecular weight is 362 g/mol. The minimum Gasteiger partial charge on any atom is -0.352 e. The van der Waals surface area contributed by atoms with Crippen LogP contribution in [0.1, 0.15) is 35.6 Å². The molecule has 0 unspecified atom stereocenters. The topological polar surface area (TPSA) is 55.1 Å². The normalized spacial score (nSPS) is 9.44. The Morgan fingerprint density at radius 3 is 2.17 bits per heavy atom. The van der Waals surface area contributed by atoms with Crippen LogP contribution in [0.25, 0.3) is 0 Å². The highest BCUT2D eigenvalue weighted by atomic mass is 127. The fraction of sp³-hybridized carbons (Fsp3) is 0.500. The lowest BCUT2D eigenvalue weighted by atomic mass is 10.0. The molecule has 1 aromatic rings. The Morgan fingerprint density at radius 1 is 1.22 bits per heavy atom. The Kier molecular flexibility index (Phi) is 7.98. The number of carbonyl (C=O) groups excluding carboxylic acids is 1. The van der Waals surface area contributed by atoms with E-state index in [9.17, 15) is 4.79 Å². The van der Waals surface area contributed by atoms with Gasteiger partial charge in [0, 0.05) is 10.1 Å². The third-order valence-corrected chi connectivity index (χ3v) is 4.09. The van der Waals surface area contributed by atoms with E-state index in [2.05, 4.69) is 61.7 Å². The van der Waals surface area contributed by atoms with Crippen molar-refractivity contribution < 1.29 is 4.79 Å². The zero-order chi connectivity index (χ0) is 14.3. The molecule has 0 aliphatic heterocycles. The van der Waals surface area contributed by atoms with Gasteiger partial charge in [-0.05, 0) is 85.0 Å². The van der Waals surface area contributed by atoms with Crippen LogP contribution < -0.4 is 11.1 Å². The summed E-state index contributed by atoms with van der Waals surface area (Å²) in [7, 11) is 0. The van der Waals surface area contributed by atoms with Gasteiger partial charge in [0.15, 0.2) is 0 Å². The van der Waals surface area contributed by atoms with Gasteiger partial charge in [-0.2, -0.15) is 0 Å². The summed E-state index contributed by atoms with van der Waals surface area (Å²) >= 11 is 2.39. The summed E-state index contributed by atoms with van der Waals surface area (Å²) in [5.41, 5.74) is 10.4. The van der Waals surface area contributed by atoms with Gasteiger partial charge in [0.1, 0.15) is 0 Å². The van der Waals surface area contributed by atoms with E-state index in [0.717, 1.165) is 6.42 Å². The van der Waals surface area contributed by atoms with Crippen LogP contribution in [0.5, 0.6) is 0 Å². The highest BCUT2D eigenvalue weighted by Gasteiger charge is 2.03. The number of amides is 2. The van der Waals surface area contributed by atoms with Crippen molar-refractivity contribution in [2.75, 3.05) is 6.54 Å². The predicted octanol–water partition coefficient (Wildman–Crippen LogP) is 3.59. The van der Waals surface area contributed by atoms with Crippen LogP contribution in [0.3, 0.4) is 0 Å². The fourth-order valence-electron chi connectivity index (χ4n) is 1.41. The summed E-state index contributed by atoms with van der Waals surface area (Å²) in [6, 6.07) is 1.81. The van der Waals surface area contributed by atoms with Gasteiger partial charge in [-0.15, -0.1) is 0 Å². The molecule has 0 atom stereocenters. The van der Waals surface area contributed by atoms with Gasteiger partial charge in [-0.3, -0.25) is 0 Å². The molecule has 1 aromatic carbocycles. The van der Waals surface area contributed by atoms with Gasteiger partial charge in [-0.1, -0.05) is 6.92 Å². The molecule has 0 fully saturated rings. The molecule has 18 heavy (non-hydrogen) atoms. The van der Waals surface area contributed by atoms with Gasteiger partial charge in [0.2, 0.25) is 0 Å². The SMILES string of the molecule is CCCNC(N)=O.Cc1cc(I)c(C)c(C)c1C. The van der Waals surface area contributed by atoms with E-state index in [4.69, 9.17) is 5.73 Å². The van der Waals surface area contributed by atoms with Crippen LogP contribution in [-0.2, 0) is 0 Å².